The maximum absolute atomic E-state index is 12.9. The van der Waals surface area contributed by atoms with Crippen LogP contribution in [0.3, 0.4) is 0 Å². The molecular formula is C16H15FN2O2. The normalized spacial score (nSPS) is 11.2. The predicted octanol–water partition coefficient (Wildman–Crippen LogP) is 3.08. The van der Waals surface area contributed by atoms with Crippen LogP contribution in [0.4, 0.5) is 4.39 Å². The van der Waals surface area contributed by atoms with Crippen LogP contribution in [0.25, 0.3) is 0 Å². The molecule has 0 spiro atoms. The van der Waals surface area contributed by atoms with Crippen LogP contribution < -0.4 is 5.43 Å². The molecule has 0 aliphatic carbocycles. The van der Waals surface area contributed by atoms with Crippen LogP contribution in [0.2, 0.25) is 0 Å². The van der Waals surface area contributed by atoms with Gasteiger partial charge in [0.2, 0.25) is 0 Å². The molecule has 0 aliphatic heterocycles. The molecule has 2 aromatic carbocycles. The Bertz CT molecular complexity index is 649. The van der Waals surface area contributed by atoms with E-state index in [9.17, 15) is 14.3 Å². The molecule has 4 nitrogen and oxygen atoms in total. The number of rotatable bonds is 4. The Hall–Kier alpha value is -2.69. The summed E-state index contributed by atoms with van der Waals surface area (Å²) in [4.78, 5) is 11.9. The quantitative estimate of drug-likeness (QED) is 0.670. The molecule has 5 heteroatoms. The second-order valence-electron chi connectivity index (χ2n) is 4.41. The summed E-state index contributed by atoms with van der Waals surface area (Å²) in [5.74, 6) is -0.596. The highest BCUT2D eigenvalue weighted by atomic mass is 19.1. The summed E-state index contributed by atoms with van der Waals surface area (Å²) < 4.78 is 12.9. The summed E-state index contributed by atoms with van der Waals surface area (Å²) >= 11 is 0. The number of phenolic OH excluding ortho intramolecular Hbond substituents is 1. The minimum Gasteiger partial charge on any atom is -0.508 e. The van der Waals surface area contributed by atoms with E-state index in [1.54, 1.807) is 12.1 Å². The topological polar surface area (TPSA) is 61.7 Å². The van der Waals surface area contributed by atoms with Gasteiger partial charge in [-0.15, -0.1) is 0 Å². The molecule has 0 aromatic heterocycles. The molecule has 0 unspecified atom stereocenters. The van der Waals surface area contributed by atoms with Crippen LogP contribution in [0.5, 0.6) is 5.75 Å². The van der Waals surface area contributed by atoms with Crippen LogP contribution in [0.15, 0.2) is 53.6 Å². The Morgan fingerprint density at radius 2 is 1.67 bits per heavy atom. The Balaban J connectivity index is 2.12. The molecule has 0 saturated heterocycles. The van der Waals surface area contributed by atoms with E-state index >= 15 is 0 Å². The lowest BCUT2D eigenvalue weighted by molar-refractivity contribution is 0.0955. The maximum Gasteiger partial charge on any atom is 0.271 e. The lowest BCUT2D eigenvalue weighted by atomic mass is 10.1. The van der Waals surface area contributed by atoms with Crippen molar-refractivity contribution in [3.05, 3.63) is 65.5 Å². The zero-order valence-electron chi connectivity index (χ0n) is 11.5. The molecule has 2 N–H and O–H groups in total. The van der Waals surface area contributed by atoms with Crippen molar-refractivity contribution >= 4 is 11.6 Å². The van der Waals surface area contributed by atoms with Gasteiger partial charge in [0.25, 0.3) is 5.91 Å². The Kier molecular flexibility index (Phi) is 4.66. The number of halogens is 1. The monoisotopic (exact) mass is 286 g/mol. The van der Waals surface area contributed by atoms with Gasteiger partial charge in [0.05, 0.1) is 5.71 Å². The SMILES string of the molecule is CC/C(=N/NC(=O)c1ccc(O)cc1)c1ccc(F)cc1. The molecule has 2 rings (SSSR count). The molecule has 21 heavy (non-hydrogen) atoms. The van der Waals surface area contributed by atoms with Gasteiger partial charge in [-0.3, -0.25) is 4.79 Å². The fourth-order valence-corrected chi connectivity index (χ4v) is 1.79. The zero-order chi connectivity index (χ0) is 15.2. The fraction of sp³-hybridized carbons (Fsp3) is 0.125. The predicted molar refractivity (Wildman–Crippen MR) is 78.8 cm³/mol. The number of nitrogens with one attached hydrogen (secondary N) is 1. The van der Waals surface area contributed by atoms with Crippen LogP contribution >= 0.6 is 0 Å². The number of phenols is 1. The van der Waals surface area contributed by atoms with E-state index in [0.29, 0.717) is 17.7 Å². The number of nitrogens with zero attached hydrogens (tertiary/aromatic N) is 1. The van der Waals surface area contributed by atoms with E-state index in [-0.39, 0.29) is 17.5 Å². The molecule has 0 saturated carbocycles. The van der Waals surface area contributed by atoms with E-state index in [1.807, 2.05) is 6.92 Å². The smallest absolute Gasteiger partial charge is 0.271 e. The van der Waals surface area contributed by atoms with Crippen LogP contribution in [0.1, 0.15) is 29.3 Å². The third kappa shape index (κ3) is 3.89. The summed E-state index contributed by atoms with van der Waals surface area (Å²) in [6.45, 7) is 1.90. The van der Waals surface area contributed by atoms with E-state index in [4.69, 9.17) is 0 Å². The van der Waals surface area contributed by atoms with Gasteiger partial charge in [0, 0.05) is 5.56 Å². The highest BCUT2D eigenvalue weighted by Gasteiger charge is 2.06. The van der Waals surface area contributed by atoms with Gasteiger partial charge in [0.1, 0.15) is 11.6 Å². The first-order chi connectivity index (χ1) is 10.1. The average molecular weight is 286 g/mol. The minimum atomic E-state index is -0.372. The number of benzene rings is 2. The molecular weight excluding hydrogens is 271 g/mol. The van der Waals surface area contributed by atoms with E-state index < -0.39 is 0 Å². The molecule has 0 atom stereocenters. The first-order valence-corrected chi connectivity index (χ1v) is 6.52. The van der Waals surface area contributed by atoms with E-state index in [0.717, 1.165) is 5.56 Å². The second kappa shape index (κ2) is 6.65. The number of aromatic hydroxyl groups is 1. The molecule has 2 aromatic rings. The summed E-state index contributed by atoms with van der Waals surface area (Å²) in [5, 5.41) is 13.2. The van der Waals surface area contributed by atoms with Crippen molar-refractivity contribution in [2.24, 2.45) is 5.10 Å². The molecule has 0 heterocycles. The van der Waals surface area contributed by atoms with Crippen LogP contribution in [-0.2, 0) is 0 Å². The van der Waals surface area contributed by atoms with Gasteiger partial charge in [0.15, 0.2) is 0 Å². The van der Waals surface area contributed by atoms with Gasteiger partial charge < -0.3 is 5.11 Å². The van der Waals surface area contributed by atoms with Crippen molar-refractivity contribution in [2.75, 3.05) is 0 Å². The lowest BCUT2D eigenvalue weighted by Crippen LogP contribution is -2.19. The largest absolute Gasteiger partial charge is 0.508 e. The van der Waals surface area contributed by atoms with Crippen molar-refractivity contribution in [1.82, 2.24) is 5.43 Å². The van der Waals surface area contributed by atoms with Crippen molar-refractivity contribution in [1.29, 1.82) is 0 Å². The number of carbonyl (C=O) groups excluding carboxylic acids is 1. The average Bonchev–Trinajstić information content (AvgIpc) is 2.50. The van der Waals surface area contributed by atoms with Crippen molar-refractivity contribution in [2.45, 2.75) is 13.3 Å². The van der Waals surface area contributed by atoms with Gasteiger partial charge in [-0.25, -0.2) is 9.82 Å². The summed E-state index contributed by atoms with van der Waals surface area (Å²) in [6.07, 6.45) is 0.599. The van der Waals surface area contributed by atoms with Gasteiger partial charge in [-0.1, -0.05) is 19.1 Å². The third-order valence-electron chi connectivity index (χ3n) is 2.93. The molecule has 0 fully saturated rings. The van der Waals surface area contributed by atoms with Crippen molar-refractivity contribution < 1.29 is 14.3 Å². The first-order valence-electron chi connectivity index (χ1n) is 6.52. The Morgan fingerprint density at radius 3 is 2.24 bits per heavy atom. The zero-order valence-corrected chi connectivity index (χ0v) is 11.5. The maximum atomic E-state index is 12.9. The van der Waals surface area contributed by atoms with E-state index in [2.05, 4.69) is 10.5 Å². The molecule has 1 amide bonds. The van der Waals surface area contributed by atoms with Gasteiger partial charge in [-0.05, 0) is 48.4 Å². The molecule has 0 radical (unpaired) electrons. The highest BCUT2D eigenvalue weighted by molar-refractivity contribution is 6.02. The molecule has 108 valence electrons. The number of amides is 1. The first kappa shape index (κ1) is 14.7. The molecule has 0 aliphatic rings. The van der Waals surface area contributed by atoms with Crippen LogP contribution in [-0.4, -0.2) is 16.7 Å². The van der Waals surface area contributed by atoms with E-state index in [1.165, 1.54) is 36.4 Å². The number of hydrogen-bond donors (Lipinski definition) is 2. The third-order valence-corrected chi connectivity index (χ3v) is 2.93. The number of hydrazone groups is 1. The van der Waals surface area contributed by atoms with Gasteiger partial charge in [-0.2, -0.15) is 5.10 Å². The minimum absolute atomic E-state index is 0.0932. The number of carbonyl (C=O) groups is 1. The highest BCUT2D eigenvalue weighted by Crippen LogP contribution is 2.10. The lowest BCUT2D eigenvalue weighted by Gasteiger charge is -2.05. The number of hydrogen-bond acceptors (Lipinski definition) is 3. The Morgan fingerprint density at radius 1 is 1.10 bits per heavy atom. The van der Waals surface area contributed by atoms with Gasteiger partial charge >= 0.3 is 0 Å². The summed E-state index contributed by atoms with van der Waals surface area (Å²) in [7, 11) is 0. The van der Waals surface area contributed by atoms with Crippen molar-refractivity contribution in [3.63, 3.8) is 0 Å². The fourth-order valence-electron chi connectivity index (χ4n) is 1.79. The Labute approximate surface area is 121 Å². The van der Waals surface area contributed by atoms with Crippen molar-refractivity contribution in [3.8, 4) is 5.75 Å². The second-order valence-corrected chi connectivity index (χ2v) is 4.41. The standard InChI is InChI=1S/C16H15FN2O2/c1-2-15(11-3-7-13(17)8-4-11)18-19-16(21)12-5-9-14(20)10-6-12/h3-10,20H,2H2,1H3,(H,19,21)/b18-15-. The molecule has 0 bridgehead atoms. The summed E-state index contributed by atoms with van der Waals surface area (Å²) in [5.41, 5.74) is 4.26. The summed E-state index contributed by atoms with van der Waals surface area (Å²) in [6, 6.07) is 11.8. The van der Waals surface area contributed by atoms with Crippen LogP contribution in [0, 0.1) is 5.82 Å².